The number of hydrogen-bond donors (Lipinski definition) is 1. The lowest BCUT2D eigenvalue weighted by Gasteiger charge is -2.16. The van der Waals surface area contributed by atoms with Crippen molar-refractivity contribution in [1.29, 1.82) is 0 Å². The van der Waals surface area contributed by atoms with Gasteiger partial charge in [-0.05, 0) is 26.3 Å². The van der Waals surface area contributed by atoms with Gasteiger partial charge >= 0.3 is 0 Å². The van der Waals surface area contributed by atoms with E-state index in [1.807, 2.05) is 6.92 Å². The maximum absolute atomic E-state index is 5.65. The molecule has 5 heteroatoms. The average molecular weight is 255 g/mol. The van der Waals surface area contributed by atoms with Crippen LogP contribution in [0.2, 0.25) is 0 Å². The minimum atomic E-state index is -0.0815. The van der Waals surface area contributed by atoms with E-state index in [4.69, 9.17) is 9.26 Å². The molecular weight excluding hydrogens is 230 g/mol. The highest BCUT2D eigenvalue weighted by Gasteiger charge is 2.22. The van der Waals surface area contributed by atoms with Crippen molar-refractivity contribution in [2.24, 2.45) is 5.92 Å². The second kappa shape index (κ2) is 7.48. The Morgan fingerprint density at radius 1 is 1.28 bits per heavy atom. The van der Waals surface area contributed by atoms with Crippen molar-refractivity contribution in [1.82, 2.24) is 15.5 Å². The van der Waals surface area contributed by atoms with E-state index in [9.17, 15) is 0 Å². The van der Waals surface area contributed by atoms with Crippen molar-refractivity contribution in [3.8, 4) is 0 Å². The van der Waals surface area contributed by atoms with Gasteiger partial charge in [0.05, 0.1) is 0 Å². The summed E-state index contributed by atoms with van der Waals surface area (Å²) >= 11 is 0. The molecule has 0 aliphatic rings. The summed E-state index contributed by atoms with van der Waals surface area (Å²) in [6.45, 7) is 11.9. The Labute approximate surface area is 109 Å². The summed E-state index contributed by atoms with van der Waals surface area (Å²) in [5.41, 5.74) is 0. The molecule has 0 radical (unpaired) electrons. The maximum Gasteiger partial charge on any atom is 0.228 e. The van der Waals surface area contributed by atoms with Crippen LogP contribution in [0, 0.1) is 5.92 Å². The molecular formula is C13H25N3O2. The summed E-state index contributed by atoms with van der Waals surface area (Å²) in [5.74, 6) is 1.66. The van der Waals surface area contributed by atoms with Gasteiger partial charge in [-0.3, -0.25) is 0 Å². The third-order valence-corrected chi connectivity index (χ3v) is 2.72. The minimum Gasteiger partial charge on any atom is -0.370 e. The van der Waals surface area contributed by atoms with Crippen LogP contribution in [-0.2, 0) is 11.2 Å². The number of hydrogen-bond acceptors (Lipinski definition) is 5. The first kappa shape index (κ1) is 15.1. The average Bonchev–Trinajstić information content (AvgIpc) is 2.73. The fourth-order valence-corrected chi connectivity index (χ4v) is 1.89. The number of rotatable bonds is 8. The van der Waals surface area contributed by atoms with Gasteiger partial charge < -0.3 is 14.6 Å². The lowest BCUT2D eigenvalue weighted by molar-refractivity contribution is 0.0217. The fourth-order valence-electron chi connectivity index (χ4n) is 1.89. The van der Waals surface area contributed by atoms with Gasteiger partial charge in [-0.2, -0.15) is 4.98 Å². The summed E-state index contributed by atoms with van der Waals surface area (Å²) in [4.78, 5) is 4.43. The van der Waals surface area contributed by atoms with Crippen LogP contribution >= 0.6 is 0 Å². The van der Waals surface area contributed by atoms with E-state index in [0.29, 0.717) is 30.3 Å². The second-order valence-electron chi connectivity index (χ2n) is 4.83. The molecule has 0 bridgehead atoms. The number of nitrogens with one attached hydrogen (secondary N) is 1. The van der Waals surface area contributed by atoms with Crippen LogP contribution in [0.4, 0.5) is 0 Å². The van der Waals surface area contributed by atoms with Gasteiger partial charge in [-0.15, -0.1) is 0 Å². The number of ether oxygens (including phenoxy) is 1. The van der Waals surface area contributed by atoms with Gasteiger partial charge in [0.2, 0.25) is 11.7 Å². The maximum atomic E-state index is 5.65. The summed E-state index contributed by atoms with van der Waals surface area (Å²) in [7, 11) is 0. The number of nitrogens with zero attached hydrogens (tertiary/aromatic N) is 2. The second-order valence-corrected chi connectivity index (χ2v) is 4.83. The van der Waals surface area contributed by atoms with Crippen LogP contribution in [0.15, 0.2) is 4.52 Å². The summed E-state index contributed by atoms with van der Waals surface area (Å²) in [6.07, 6.45) is 0.666. The lowest BCUT2D eigenvalue weighted by Crippen LogP contribution is -2.27. The molecule has 0 amide bonds. The molecule has 1 aromatic rings. The zero-order chi connectivity index (χ0) is 13.5. The zero-order valence-corrected chi connectivity index (χ0v) is 12.1. The van der Waals surface area contributed by atoms with E-state index in [0.717, 1.165) is 13.0 Å². The molecule has 0 saturated carbocycles. The van der Waals surface area contributed by atoms with E-state index in [1.165, 1.54) is 0 Å². The number of likely N-dealkylation sites (N-methyl/N-ethyl adjacent to an activating group) is 1. The topological polar surface area (TPSA) is 60.2 Å². The Morgan fingerprint density at radius 2 is 2.00 bits per heavy atom. The van der Waals surface area contributed by atoms with Gasteiger partial charge in [0.25, 0.3) is 0 Å². The van der Waals surface area contributed by atoms with Crippen LogP contribution in [0.1, 0.15) is 52.4 Å². The van der Waals surface area contributed by atoms with Gasteiger partial charge in [0.1, 0.15) is 6.10 Å². The van der Waals surface area contributed by atoms with E-state index in [-0.39, 0.29) is 6.10 Å². The first-order valence-corrected chi connectivity index (χ1v) is 6.75. The minimum absolute atomic E-state index is 0.0815. The first-order chi connectivity index (χ1) is 8.58. The van der Waals surface area contributed by atoms with Gasteiger partial charge in [0, 0.05) is 19.1 Å². The molecule has 0 spiro atoms. The molecule has 0 aliphatic carbocycles. The molecule has 1 N–H and O–H groups in total. The van der Waals surface area contributed by atoms with Crippen molar-refractivity contribution in [3.05, 3.63) is 11.7 Å². The van der Waals surface area contributed by atoms with Crippen molar-refractivity contribution in [2.45, 2.75) is 53.2 Å². The van der Waals surface area contributed by atoms with E-state index < -0.39 is 0 Å². The normalized spacial score (nSPS) is 15.0. The third kappa shape index (κ3) is 4.38. The van der Waals surface area contributed by atoms with Crippen LogP contribution in [0.25, 0.3) is 0 Å². The molecule has 2 atom stereocenters. The van der Waals surface area contributed by atoms with Crippen LogP contribution in [0.3, 0.4) is 0 Å². The van der Waals surface area contributed by atoms with Gasteiger partial charge in [-0.1, -0.05) is 25.9 Å². The van der Waals surface area contributed by atoms with Crippen LogP contribution in [-0.4, -0.2) is 29.3 Å². The fraction of sp³-hybridized carbons (Fsp3) is 0.846. The predicted molar refractivity (Wildman–Crippen MR) is 70.3 cm³/mol. The van der Waals surface area contributed by atoms with Crippen LogP contribution in [0.5, 0.6) is 0 Å². The Balaban J connectivity index is 2.65. The van der Waals surface area contributed by atoms with Crippen molar-refractivity contribution >= 4 is 0 Å². The Bertz CT molecular complexity index is 339. The highest BCUT2D eigenvalue weighted by molar-refractivity contribution is 4.94. The summed E-state index contributed by atoms with van der Waals surface area (Å²) in [6, 6.07) is 0.341. The monoisotopic (exact) mass is 255 g/mol. The zero-order valence-electron chi connectivity index (χ0n) is 12.1. The Morgan fingerprint density at radius 3 is 2.56 bits per heavy atom. The molecule has 104 valence electrons. The molecule has 1 heterocycles. The summed E-state index contributed by atoms with van der Waals surface area (Å²) < 4.78 is 10.9. The summed E-state index contributed by atoms with van der Waals surface area (Å²) in [5, 5.41) is 7.35. The molecule has 0 saturated heterocycles. The standard InChI is InChI=1S/C13H25N3O2/c1-6-14-10(5)8-11-15-13(16-18-11)12(9(3)4)17-7-2/h9-10,12,14H,6-8H2,1-5H3. The molecule has 1 aromatic heterocycles. The van der Waals surface area contributed by atoms with Gasteiger partial charge in [0.15, 0.2) is 0 Å². The Kier molecular flexibility index (Phi) is 6.29. The van der Waals surface area contributed by atoms with Crippen molar-refractivity contribution < 1.29 is 9.26 Å². The highest BCUT2D eigenvalue weighted by Crippen LogP contribution is 2.23. The molecule has 18 heavy (non-hydrogen) atoms. The SMILES string of the molecule is CCNC(C)Cc1nc(C(OCC)C(C)C)no1. The van der Waals surface area contributed by atoms with Crippen molar-refractivity contribution in [2.75, 3.05) is 13.2 Å². The number of aromatic nitrogens is 2. The highest BCUT2D eigenvalue weighted by atomic mass is 16.5. The lowest BCUT2D eigenvalue weighted by atomic mass is 10.1. The largest absolute Gasteiger partial charge is 0.370 e. The Hall–Kier alpha value is -0.940. The van der Waals surface area contributed by atoms with Crippen molar-refractivity contribution in [3.63, 3.8) is 0 Å². The van der Waals surface area contributed by atoms with E-state index in [2.05, 4.69) is 43.2 Å². The first-order valence-electron chi connectivity index (χ1n) is 6.75. The molecule has 0 fully saturated rings. The molecule has 0 aromatic carbocycles. The quantitative estimate of drug-likeness (QED) is 0.772. The van der Waals surface area contributed by atoms with E-state index >= 15 is 0 Å². The molecule has 0 aliphatic heterocycles. The van der Waals surface area contributed by atoms with Crippen LogP contribution < -0.4 is 5.32 Å². The third-order valence-electron chi connectivity index (χ3n) is 2.72. The molecule has 2 unspecified atom stereocenters. The predicted octanol–water partition coefficient (Wildman–Crippen LogP) is 2.34. The van der Waals surface area contributed by atoms with Gasteiger partial charge in [-0.25, -0.2) is 0 Å². The smallest absolute Gasteiger partial charge is 0.228 e. The molecule has 5 nitrogen and oxygen atoms in total. The molecule has 1 rings (SSSR count). The van der Waals surface area contributed by atoms with E-state index in [1.54, 1.807) is 0 Å².